The Hall–Kier alpha value is -2.30. The minimum absolute atomic E-state index is 0.154. The van der Waals surface area contributed by atoms with Crippen LogP contribution in [0, 0.1) is 0 Å². The molecule has 10 heteroatoms. The predicted octanol–water partition coefficient (Wildman–Crippen LogP) is 1.01. The molecule has 0 bridgehead atoms. The van der Waals surface area contributed by atoms with Crippen molar-refractivity contribution in [1.29, 1.82) is 0 Å². The Kier molecular flexibility index (Phi) is 4.84. The molecule has 0 saturated heterocycles. The number of sulfonamides is 1. The zero-order valence-corrected chi connectivity index (χ0v) is 15.3. The third-order valence-corrected chi connectivity index (χ3v) is 6.36. The Morgan fingerprint density at radius 1 is 1.28 bits per heavy atom. The fraction of sp³-hybridized carbons (Fsp3) is 0.267. The number of benzene rings is 1. The first-order valence-corrected chi connectivity index (χ1v) is 9.78. The molecule has 1 aromatic carbocycles. The van der Waals surface area contributed by atoms with Crippen LogP contribution in [0.3, 0.4) is 0 Å². The van der Waals surface area contributed by atoms with Gasteiger partial charge in [-0.15, -0.1) is 11.3 Å². The highest BCUT2D eigenvalue weighted by Gasteiger charge is 2.17. The third-order valence-electron chi connectivity index (χ3n) is 3.65. The highest BCUT2D eigenvalue weighted by Crippen LogP contribution is 2.15. The van der Waals surface area contributed by atoms with Gasteiger partial charge in [0.1, 0.15) is 6.33 Å². The quantitative estimate of drug-likeness (QED) is 0.690. The molecule has 1 amide bonds. The molecule has 1 N–H and O–H groups in total. The van der Waals surface area contributed by atoms with Crippen molar-refractivity contribution < 1.29 is 13.2 Å². The number of carbonyl (C=O) groups excluding carboxylic acids is 1. The average Bonchev–Trinajstić information content (AvgIpc) is 3.19. The number of rotatable bonds is 6. The van der Waals surface area contributed by atoms with Crippen LogP contribution in [0.5, 0.6) is 0 Å². The molecule has 0 unspecified atom stereocenters. The van der Waals surface area contributed by atoms with Gasteiger partial charge < -0.3 is 5.32 Å². The lowest BCUT2D eigenvalue weighted by Gasteiger charge is -2.11. The molecular formula is C15H17N5O3S2. The molecule has 0 fully saturated rings. The molecule has 0 aliphatic carbocycles. The number of hydrogen-bond donors (Lipinski definition) is 1. The minimum atomic E-state index is -3.49. The van der Waals surface area contributed by atoms with Crippen LogP contribution in [0.2, 0.25) is 0 Å². The van der Waals surface area contributed by atoms with Gasteiger partial charge in [-0.05, 0) is 24.3 Å². The maximum Gasteiger partial charge on any atom is 0.251 e. The highest BCUT2D eigenvalue weighted by molar-refractivity contribution is 7.89. The van der Waals surface area contributed by atoms with Crippen LogP contribution in [0.25, 0.3) is 4.96 Å². The summed E-state index contributed by atoms with van der Waals surface area (Å²) in [5.74, 6) is -0.251. The van der Waals surface area contributed by atoms with Crippen molar-refractivity contribution in [3.63, 3.8) is 0 Å². The van der Waals surface area contributed by atoms with E-state index in [4.69, 9.17) is 0 Å². The number of amides is 1. The third kappa shape index (κ3) is 3.55. The standard InChI is InChI=1S/C15H17N5O3S2/c1-19(2)25(22,23)13-5-3-11(4-6-13)14(21)16-8-7-12-9-24-15-17-10-18-20(12)15/h3-6,9-10H,7-8H2,1-2H3,(H,16,21). The van der Waals surface area contributed by atoms with Gasteiger partial charge in [0.25, 0.3) is 5.91 Å². The Balaban J connectivity index is 1.61. The second kappa shape index (κ2) is 6.90. The van der Waals surface area contributed by atoms with Crippen molar-refractivity contribution >= 4 is 32.2 Å². The lowest BCUT2D eigenvalue weighted by molar-refractivity contribution is 0.0954. The number of nitrogens with zero attached hydrogens (tertiary/aromatic N) is 4. The van der Waals surface area contributed by atoms with Gasteiger partial charge in [0.2, 0.25) is 15.0 Å². The maximum atomic E-state index is 12.2. The van der Waals surface area contributed by atoms with E-state index >= 15 is 0 Å². The zero-order chi connectivity index (χ0) is 18.0. The zero-order valence-electron chi connectivity index (χ0n) is 13.7. The monoisotopic (exact) mass is 379 g/mol. The van der Waals surface area contributed by atoms with Crippen LogP contribution in [0.1, 0.15) is 16.1 Å². The molecule has 0 radical (unpaired) electrons. The van der Waals surface area contributed by atoms with Gasteiger partial charge in [0, 0.05) is 38.0 Å². The molecule has 0 atom stereocenters. The summed E-state index contributed by atoms with van der Waals surface area (Å²) in [5, 5.41) is 8.90. The summed E-state index contributed by atoms with van der Waals surface area (Å²) in [6.07, 6.45) is 2.12. The summed E-state index contributed by atoms with van der Waals surface area (Å²) in [6, 6.07) is 5.88. The Morgan fingerprint density at radius 3 is 2.68 bits per heavy atom. The second-order valence-electron chi connectivity index (χ2n) is 5.50. The van der Waals surface area contributed by atoms with Crippen molar-refractivity contribution in [1.82, 2.24) is 24.2 Å². The van der Waals surface area contributed by atoms with E-state index in [0.29, 0.717) is 18.5 Å². The van der Waals surface area contributed by atoms with Crippen LogP contribution in [-0.2, 0) is 16.4 Å². The van der Waals surface area contributed by atoms with Gasteiger partial charge in [-0.1, -0.05) is 0 Å². The van der Waals surface area contributed by atoms with Crippen molar-refractivity contribution in [3.05, 3.63) is 47.2 Å². The van der Waals surface area contributed by atoms with Gasteiger partial charge in [-0.25, -0.2) is 22.2 Å². The van der Waals surface area contributed by atoms with E-state index in [9.17, 15) is 13.2 Å². The smallest absolute Gasteiger partial charge is 0.251 e. The Bertz CT molecular complexity index is 990. The summed E-state index contributed by atoms with van der Waals surface area (Å²) < 4.78 is 26.9. The van der Waals surface area contributed by atoms with Gasteiger partial charge in [0.15, 0.2) is 0 Å². The van der Waals surface area contributed by atoms with E-state index < -0.39 is 10.0 Å². The molecule has 0 saturated carbocycles. The minimum Gasteiger partial charge on any atom is -0.352 e. The largest absolute Gasteiger partial charge is 0.352 e. The molecule has 3 aromatic rings. The molecule has 2 heterocycles. The van der Waals surface area contributed by atoms with E-state index in [0.717, 1.165) is 15.0 Å². The van der Waals surface area contributed by atoms with E-state index in [1.807, 2.05) is 5.38 Å². The van der Waals surface area contributed by atoms with Crippen molar-refractivity contribution in [2.45, 2.75) is 11.3 Å². The van der Waals surface area contributed by atoms with E-state index in [1.54, 1.807) is 4.52 Å². The predicted molar refractivity (Wildman–Crippen MR) is 94.2 cm³/mol. The summed E-state index contributed by atoms with van der Waals surface area (Å²) in [5.41, 5.74) is 1.39. The van der Waals surface area contributed by atoms with Gasteiger partial charge in [-0.2, -0.15) is 5.10 Å². The Morgan fingerprint density at radius 2 is 2.00 bits per heavy atom. The molecule has 0 aliphatic heterocycles. The first kappa shape index (κ1) is 17.5. The first-order valence-electron chi connectivity index (χ1n) is 7.46. The van der Waals surface area contributed by atoms with Gasteiger partial charge in [0.05, 0.1) is 10.6 Å². The molecule has 25 heavy (non-hydrogen) atoms. The van der Waals surface area contributed by atoms with E-state index in [2.05, 4.69) is 15.4 Å². The van der Waals surface area contributed by atoms with Crippen molar-refractivity contribution in [2.24, 2.45) is 0 Å². The molecule has 3 rings (SSSR count). The van der Waals surface area contributed by atoms with Crippen LogP contribution in [-0.4, -0.2) is 53.9 Å². The fourth-order valence-electron chi connectivity index (χ4n) is 2.24. The number of aromatic nitrogens is 3. The summed E-state index contributed by atoms with van der Waals surface area (Å²) in [4.78, 5) is 17.3. The van der Waals surface area contributed by atoms with Crippen molar-refractivity contribution in [2.75, 3.05) is 20.6 Å². The number of fused-ring (bicyclic) bond motifs is 1. The lowest BCUT2D eigenvalue weighted by atomic mass is 10.2. The first-order chi connectivity index (χ1) is 11.9. The highest BCUT2D eigenvalue weighted by atomic mass is 32.2. The van der Waals surface area contributed by atoms with Gasteiger partial charge >= 0.3 is 0 Å². The number of nitrogens with one attached hydrogen (secondary N) is 1. The number of carbonyl (C=O) groups is 1. The van der Waals surface area contributed by atoms with Crippen LogP contribution in [0.15, 0.2) is 40.9 Å². The van der Waals surface area contributed by atoms with Crippen LogP contribution in [0.4, 0.5) is 0 Å². The van der Waals surface area contributed by atoms with E-state index in [-0.39, 0.29) is 10.8 Å². The maximum absolute atomic E-state index is 12.2. The Labute approximate surface area is 149 Å². The fourth-order valence-corrected chi connectivity index (χ4v) is 3.97. The molecular weight excluding hydrogens is 362 g/mol. The topological polar surface area (TPSA) is 96.7 Å². The SMILES string of the molecule is CN(C)S(=O)(=O)c1ccc(C(=O)NCCc2csc3ncnn23)cc1. The number of thiazole rings is 1. The average molecular weight is 379 g/mol. The van der Waals surface area contributed by atoms with Crippen LogP contribution < -0.4 is 5.32 Å². The molecule has 0 aliphatic rings. The van der Waals surface area contributed by atoms with Crippen LogP contribution >= 0.6 is 11.3 Å². The second-order valence-corrected chi connectivity index (χ2v) is 8.49. The summed E-state index contributed by atoms with van der Waals surface area (Å²) in [7, 11) is -0.564. The normalized spacial score (nSPS) is 12.0. The lowest BCUT2D eigenvalue weighted by Crippen LogP contribution is -2.26. The molecule has 132 valence electrons. The van der Waals surface area contributed by atoms with Gasteiger partial charge in [-0.3, -0.25) is 4.79 Å². The molecule has 8 nitrogen and oxygen atoms in total. The summed E-state index contributed by atoms with van der Waals surface area (Å²) in [6.45, 7) is 0.447. The number of hydrogen-bond acceptors (Lipinski definition) is 6. The van der Waals surface area contributed by atoms with Crippen molar-refractivity contribution in [3.8, 4) is 0 Å². The summed E-state index contributed by atoms with van der Waals surface area (Å²) >= 11 is 1.50. The molecule has 2 aromatic heterocycles. The molecule has 0 spiro atoms. The van der Waals surface area contributed by atoms with E-state index in [1.165, 1.54) is 56.0 Å².